The Morgan fingerprint density at radius 1 is 1.11 bits per heavy atom. The highest BCUT2D eigenvalue weighted by atomic mass is 79.9. The Labute approximate surface area is 119 Å². The molecule has 18 heavy (non-hydrogen) atoms. The molecule has 2 rings (SSSR count). The van der Waals surface area contributed by atoms with E-state index in [1.807, 2.05) is 0 Å². The zero-order valence-corrected chi connectivity index (χ0v) is 12.8. The van der Waals surface area contributed by atoms with Crippen LogP contribution in [-0.4, -0.2) is 47.9 Å². The number of nitrogens with zero attached hydrogens (tertiary/aromatic N) is 2. The Balaban J connectivity index is 1.87. The molecule has 1 fully saturated rings. The molecule has 0 bridgehead atoms. The van der Waals surface area contributed by atoms with Crippen molar-refractivity contribution in [1.29, 1.82) is 0 Å². The van der Waals surface area contributed by atoms with Crippen LogP contribution in [0.1, 0.15) is 17.5 Å². The van der Waals surface area contributed by atoms with Crippen molar-refractivity contribution in [2.24, 2.45) is 0 Å². The zero-order chi connectivity index (χ0) is 12.8. The Bertz CT molecular complexity index is 367. The summed E-state index contributed by atoms with van der Waals surface area (Å²) in [4.78, 5) is 5.15. The first-order valence-electron chi connectivity index (χ1n) is 6.84. The van der Waals surface area contributed by atoms with Gasteiger partial charge >= 0.3 is 0 Å². The molecular weight excluding hydrogens is 288 g/mol. The predicted octanol–water partition coefficient (Wildman–Crippen LogP) is 2.90. The van der Waals surface area contributed by atoms with Gasteiger partial charge in [-0.2, -0.15) is 0 Å². The van der Waals surface area contributed by atoms with E-state index in [0.717, 1.165) is 11.9 Å². The summed E-state index contributed by atoms with van der Waals surface area (Å²) in [7, 11) is 0. The van der Waals surface area contributed by atoms with Crippen LogP contribution in [0.15, 0.2) is 24.3 Å². The average molecular weight is 311 g/mol. The molecule has 3 heteroatoms. The molecule has 0 unspecified atom stereocenters. The van der Waals surface area contributed by atoms with E-state index in [0.29, 0.717) is 0 Å². The van der Waals surface area contributed by atoms with E-state index in [1.54, 1.807) is 0 Å². The summed E-state index contributed by atoms with van der Waals surface area (Å²) in [6.07, 6.45) is 1.29. The molecule has 100 valence electrons. The molecule has 1 aromatic carbocycles. The minimum Gasteiger partial charge on any atom is -0.301 e. The van der Waals surface area contributed by atoms with Gasteiger partial charge in [0.15, 0.2) is 0 Å². The second kappa shape index (κ2) is 7.27. The number of hydrogen-bond acceptors (Lipinski definition) is 2. The molecule has 0 atom stereocenters. The van der Waals surface area contributed by atoms with E-state index >= 15 is 0 Å². The topological polar surface area (TPSA) is 6.48 Å². The fourth-order valence-corrected chi connectivity index (χ4v) is 3.10. The number of halogens is 1. The van der Waals surface area contributed by atoms with E-state index in [2.05, 4.69) is 56.9 Å². The lowest BCUT2D eigenvalue weighted by molar-refractivity contribution is 0.258. The van der Waals surface area contributed by atoms with Crippen molar-refractivity contribution in [3.63, 3.8) is 0 Å². The van der Waals surface area contributed by atoms with Gasteiger partial charge in [-0.15, -0.1) is 0 Å². The second-order valence-electron chi connectivity index (χ2n) is 5.15. The average Bonchev–Trinajstić information content (AvgIpc) is 2.56. The van der Waals surface area contributed by atoms with Crippen LogP contribution in [0.3, 0.4) is 0 Å². The molecule has 0 spiro atoms. The number of alkyl halides is 1. The quantitative estimate of drug-likeness (QED) is 0.789. The first kappa shape index (κ1) is 14.0. The van der Waals surface area contributed by atoms with Crippen LogP contribution in [0.4, 0.5) is 0 Å². The maximum atomic E-state index is 3.53. The maximum absolute atomic E-state index is 3.53. The normalized spacial score (nSPS) is 18.8. The van der Waals surface area contributed by atoms with Gasteiger partial charge in [0.2, 0.25) is 0 Å². The van der Waals surface area contributed by atoms with Crippen molar-refractivity contribution in [3.8, 4) is 0 Å². The summed E-state index contributed by atoms with van der Waals surface area (Å²) in [5, 5.41) is 1.09. The van der Waals surface area contributed by atoms with Crippen molar-refractivity contribution in [3.05, 3.63) is 35.4 Å². The van der Waals surface area contributed by atoms with E-state index in [1.165, 1.54) is 50.3 Å². The Morgan fingerprint density at radius 2 is 1.89 bits per heavy atom. The first-order valence-corrected chi connectivity index (χ1v) is 7.96. The van der Waals surface area contributed by atoms with Gasteiger partial charge in [-0.05, 0) is 32.0 Å². The van der Waals surface area contributed by atoms with Gasteiger partial charge in [0, 0.05) is 31.5 Å². The summed E-state index contributed by atoms with van der Waals surface area (Å²) in [6.45, 7) is 9.33. The molecule has 1 aliphatic heterocycles. The summed E-state index contributed by atoms with van der Waals surface area (Å²) in [5.41, 5.74) is 2.81. The lowest BCUT2D eigenvalue weighted by Gasteiger charge is -2.21. The van der Waals surface area contributed by atoms with Gasteiger partial charge in [-0.1, -0.05) is 45.8 Å². The van der Waals surface area contributed by atoms with Gasteiger partial charge < -0.3 is 4.90 Å². The lowest BCUT2D eigenvalue weighted by Crippen LogP contribution is -2.31. The molecule has 0 N–H and O–H groups in total. The third kappa shape index (κ3) is 4.38. The van der Waals surface area contributed by atoms with E-state index in [9.17, 15) is 0 Å². The fourth-order valence-electron chi connectivity index (χ4n) is 2.59. The minimum absolute atomic E-state index is 1.09. The highest BCUT2D eigenvalue weighted by molar-refractivity contribution is 9.09. The molecular formula is C15H23BrN2. The minimum atomic E-state index is 1.09. The Hall–Kier alpha value is -0.380. The highest BCUT2D eigenvalue weighted by Gasteiger charge is 2.14. The molecule has 2 nitrogen and oxygen atoms in total. The lowest BCUT2D eigenvalue weighted by atomic mass is 10.1. The van der Waals surface area contributed by atoms with Gasteiger partial charge in [-0.3, -0.25) is 4.90 Å². The monoisotopic (exact) mass is 310 g/mol. The Kier molecular flexibility index (Phi) is 5.67. The first-order chi connectivity index (χ1) is 8.78. The van der Waals surface area contributed by atoms with Crippen LogP contribution in [0.5, 0.6) is 0 Å². The van der Waals surface area contributed by atoms with Gasteiger partial charge in [-0.25, -0.2) is 0 Å². The molecule has 1 heterocycles. The Morgan fingerprint density at radius 3 is 2.67 bits per heavy atom. The van der Waals surface area contributed by atoms with Gasteiger partial charge in [0.05, 0.1) is 0 Å². The standard InChI is InChI=1S/C15H23BrN2/c1-14-4-2-5-15(12-14)13-18-8-3-7-17(9-6-16)10-11-18/h2,4-5,12H,3,6-11,13H2,1H3. The largest absolute Gasteiger partial charge is 0.301 e. The molecule has 1 aromatic rings. The van der Waals surface area contributed by atoms with Crippen molar-refractivity contribution in [2.45, 2.75) is 19.9 Å². The third-order valence-electron chi connectivity index (χ3n) is 3.57. The maximum Gasteiger partial charge on any atom is 0.0234 e. The van der Waals surface area contributed by atoms with Crippen LogP contribution >= 0.6 is 15.9 Å². The van der Waals surface area contributed by atoms with Crippen LogP contribution in [0.2, 0.25) is 0 Å². The smallest absolute Gasteiger partial charge is 0.0234 e. The predicted molar refractivity (Wildman–Crippen MR) is 81.3 cm³/mol. The number of rotatable bonds is 4. The molecule has 0 aliphatic carbocycles. The van der Waals surface area contributed by atoms with E-state index in [-0.39, 0.29) is 0 Å². The fraction of sp³-hybridized carbons (Fsp3) is 0.600. The van der Waals surface area contributed by atoms with Crippen LogP contribution in [-0.2, 0) is 6.54 Å². The van der Waals surface area contributed by atoms with E-state index in [4.69, 9.17) is 0 Å². The molecule has 1 aliphatic rings. The third-order valence-corrected chi connectivity index (χ3v) is 3.93. The highest BCUT2D eigenvalue weighted by Crippen LogP contribution is 2.10. The van der Waals surface area contributed by atoms with Crippen LogP contribution in [0, 0.1) is 6.92 Å². The molecule has 0 saturated carbocycles. The SMILES string of the molecule is Cc1cccc(CN2CCCN(CCBr)CC2)c1. The zero-order valence-electron chi connectivity index (χ0n) is 11.2. The molecule has 0 amide bonds. The summed E-state index contributed by atoms with van der Waals surface area (Å²) < 4.78 is 0. The van der Waals surface area contributed by atoms with Crippen molar-refractivity contribution >= 4 is 15.9 Å². The number of benzene rings is 1. The summed E-state index contributed by atoms with van der Waals surface area (Å²) in [6, 6.07) is 8.89. The van der Waals surface area contributed by atoms with Crippen molar-refractivity contribution < 1.29 is 0 Å². The number of hydrogen-bond donors (Lipinski definition) is 0. The molecule has 1 saturated heterocycles. The number of aryl methyl sites for hydroxylation is 1. The van der Waals surface area contributed by atoms with E-state index < -0.39 is 0 Å². The van der Waals surface area contributed by atoms with Crippen molar-refractivity contribution in [1.82, 2.24) is 9.80 Å². The second-order valence-corrected chi connectivity index (χ2v) is 5.94. The van der Waals surface area contributed by atoms with Crippen molar-refractivity contribution in [2.75, 3.05) is 38.1 Å². The summed E-state index contributed by atoms with van der Waals surface area (Å²) >= 11 is 3.53. The van der Waals surface area contributed by atoms with Gasteiger partial charge in [0.25, 0.3) is 0 Å². The summed E-state index contributed by atoms with van der Waals surface area (Å²) in [5.74, 6) is 0. The molecule has 0 aromatic heterocycles. The molecule has 0 radical (unpaired) electrons. The van der Waals surface area contributed by atoms with Crippen LogP contribution < -0.4 is 0 Å². The van der Waals surface area contributed by atoms with Gasteiger partial charge in [0.1, 0.15) is 0 Å². The van der Waals surface area contributed by atoms with Crippen LogP contribution in [0.25, 0.3) is 0 Å².